The number of carbonyl (C=O) groups is 4. The largest absolute Gasteiger partial charge is 0.452 e. The fraction of sp³-hybridized carbons (Fsp3) is 0.545. The molecule has 1 saturated heterocycles. The molecule has 7 nitrogen and oxygen atoms in total. The van der Waals surface area contributed by atoms with Crippen LogP contribution in [0.3, 0.4) is 0 Å². The van der Waals surface area contributed by atoms with E-state index >= 15 is 0 Å². The van der Waals surface area contributed by atoms with Crippen molar-refractivity contribution in [1.82, 2.24) is 9.80 Å². The van der Waals surface area contributed by atoms with Gasteiger partial charge in [0, 0.05) is 18.6 Å². The third-order valence-electron chi connectivity index (χ3n) is 5.75. The summed E-state index contributed by atoms with van der Waals surface area (Å²) >= 11 is 0. The fourth-order valence-corrected chi connectivity index (χ4v) is 4.14. The number of ether oxygens (including phenoxy) is 1. The highest BCUT2D eigenvalue weighted by Gasteiger charge is 2.36. The van der Waals surface area contributed by atoms with Crippen molar-refractivity contribution in [3.8, 4) is 0 Å². The zero-order chi connectivity index (χ0) is 21.1. The Labute approximate surface area is 171 Å². The van der Waals surface area contributed by atoms with Crippen molar-refractivity contribution in [2.45, 2.75) is 65.0 Å². The third-order valence-corrected chi connectivity index (χ3v) is 5.75. The number of amides is 3. The van der Waals surface area contributed by atoms with Crippen LogP contribution in [0.2, 0.25) is 0 Å². The SMILES string of the molecule is CCCCN1C(=O)c2ccc(C(=O)OCC(=O)N3[C@H](C)CCC[C@H]3C)cc2C1=O. The van der Waals surface area contributed by atoms with Gasteiger partial charge in [-0.3, -0.25) is 19.3 Å². The summed E-state index contributed by atoms with van der Waals surface area (Å²) in [5, 5.41) is 0. The molecule has 2 heterocycles. The van der Waals surface area contributed by atoms with E-state index in [0.717, 1.165) is 32.1 Å². The van der Waals surface area contributed by atoms with Crippen LogP contribution in [0, 0.1) is 0 Å². The first kappa shape index (κ1) is 21.0. The number of esters is 1. The summed E-state index contributed by atoms with van der Waals surface area (Å²) in [7, 11) is 0. The van der Waals surface area contributed by atoms with Crippen molar-refractivity contribution in [2.75, 3.05) is 13.2 Å². The minimum Gasteiger partial charge on any atom is -0.452 e. The maximum Gasteiger partial charge on any atom is 0.338 e. The predicted octanol–water partition coefficient (Wildman–Crippen LogP) is 3.03. The highest BCUT2D eigenvalue weighted by Crippen LogP contribution is 2.25. The molecule has 156 valence electrons. The molecule has 0 aromatic heterocycles. The lowest BCUT2D eigenvalue weighted by Crippen LogP contribution is -2.49. The number of imide groups is 1. The number of hydrogen-bond donors (Lipinski definition) is 0. The second kappa shape index (κ2) is 8.76. The molecule has 0 spiro atoms. The van der Waals surface area contributed by atoms with Gasteiger partial charge in [0.15, 0.2) is 6.61 Å². The Morgan fingerprint density at radius 2 is 1.72 bits per heavy atom. The van der Waals surface area contributed by atoms with Gasteiger partial charge in [0.1, 0.15) is 0 Å². The number of carbonyl (C=O) groups excluding carboxylic acids is 4. The van der Waals surface area contributed by atoms with Crippen LogP contribution < -0.4 is 0 Å². The molecule has 1 aromatic rings. The average Bonchev–Trinajstić information content (AvgIpc) is 2.94. The number of nitrogens with zero attached hydrogens (tertiary/aromatic N) is 2. The number of unbranched alkanes of at least 4 members (excludes halogenated alkanes) is 1. The van der Waals surface area contributed by atoms with E-state index < -0.39 is 5.97 Å². The molecule has 1 fully saturated rings. The Hall–Kier alpha value is -2.70. The van der Waals surface area contributed by atoms with E-state index in [1.165, 1.54) is 23.1 Å². The highest BCUT2D eigenvalue weighted by atomic mass is 16.5. The Bertz CT molecular complexity index is 824. The van der Waals surface area contributed by atoms with Gasteiger partial charge in [-0.05, 0) is 57.7 Å². The summed E-state index contributed by atoms with van der Waals surface area (Å²) in [4.78, 5) is 52.9. The maximum atomic E-state index is 12.5. The lowest BCUT2D eigenvalue weighted by molar-refractivity contribution is -0.140. The number of likely N-dealkylation sites (tertiary alicyclic amines) is 1. The van der Waals surface area contributed by atoms with Gasteiger partial charge in [-0.25, -0.2) is 4.79 Å². The summed E-state index contributed by atoms with van der Waals surface area (Å²) in [6.45, 7) is 6.02. The van der Waals surface area contributed by atoms with Crippen molar-refractivity contribution in [3.63, 3.8) is 0 Å². The first-order chi connectivity index (χ1) is 13.8. The average molecular weight is 400 g/mol. The molecule has 0 unspecified atom stereocenters. The van der Waals surface area contributed by atoms with Gasteiger partial charge in [0.2, 0.25) is 0 Å². The highest BCUT2D eigenvalue weighted by molar-refractivity contribution is 6.21. The molecule has 1 aromatic carbocycles. The van der Waals surface area contributed by atoms with Crippen LogP contribution in [-0.4, -0.2) is 58.7 Å². The second-order valence-electron chi connectivity index (χ2n) is 7.88. The van der Waals surface area contributed by atoms with Crippen LogP contribution in [-0.2, 0) is 9.53 Å². The normalized spacial score (nSPS) is 21.3. The zero-order valence-electron chi connectivity index (χ0n) is 17.3. The molecule has 0 saturated carbocycles. The molecular weight excluding hydrogens is 372 g/mol. The van der Waals surface area contributed by atoms with E-state index in [4.69, 9.17) is 4.74 Å². The van der Waals surface area contributed by atoms with Crippen LogP contribution in [0.15, 0.2) is 18.2 Å². The van der Waals surface area contributed by atoms with Gasteiger partial charge >= 0.3 is 5.97 Å². The van der Waals surface area contributed by atoms with Crippen molar-refractivity contribution < 1.29 is 23.9 Å². The van der Waals surface area contributed by atoms with Crippen molar-refractivity contribution in [3.05, 3.63) is 34.9 Å². The number of rotatable bonds is 6. The van der Waals surface area contributed by atoms with Gasteiger partial charge < -0.3 is 9.64 Å². The number of hydrogen-bond acceptors (Lipinski definition) is 5. The number of fused-ring (bicyclic) bond motifs is 1. The first-order valence-corrected chi connectivity index (χ1v) is 10.3. The number of piperidine rings is 1. The van der Waals surface area contributed by atoms with Crippen molar-refractivity contribution in [2.24, 2.45) is 0 Å². The van der Waals surface area contributed by atoms with Gasteiger partial charge in [-0.1, -0.05) is 13.3 Å². The van der Waals surface area contributed by atoms with Crippen LogP contribution in [0.25, 0.3) is 0 Å². The van der Waals surface area contributed by atoms with Crippen LogP contribution in [0.5, 0.6) is 0 Å². The smallest absolute Gasteiger partial charge is 0.338 e. The molecule has 0 bridgehead atoms. The molecular formula is C22H28N2O5. The lowest BCUT2D eigenvalue weighted by Gasteiger charge is -2.38. The molecule has 2 atom stereocenters. The van der Waals surface area contributed by atoms with E-state index in [-0.39, 0.29) is 47.5 Å². The molecule has 2 aliphatic heterocycles. The molecule has 0 radical (unpaired) electrons. The van der Waals surface area contributed by atoms with Crippen LogP contribution in [0.4, 0.5) is 0 Å². The predicted molar refractivity (Wildman–Crippen MR) is 107 cm³/mol. The number of benzene rings is 1. The van der Waals surface area contributed by atoms with Gasteiger partial charge in [-0.2, -0.15) is 0 Å². The van der Waals surface area contributed by atoms with E-state index in [9.17, 15) is 19.2 Å². The Kier molecular flexibility index (Phi) is 6.35. The van der Waals surface area contributed by atoms with Crippen LogP contribution in [0.1, 0.15) is 83.9 Å². The molecule has 0 N–H and O–H groups in total. The maximum absolute atomic E-state index is 12.5. The first-order valence-electron chi connectivity index (χ1n) is 10.3. The quantitative estimate of drug-likeness (QED) is 0.541. The Morgan fingerprint density at radius 3 is 2.38 bits per heavy atom. The molecule has 3 amide bonds. The monoisotopic (exact) mass is 400 g/mol. The molecule has 7 heteroatoms. The van der Waals surface area contributed by atoms with Gasteiger partial charge in [0.25, 0.3) is 17.7 Å². The summed E-state index contributed by atoms with van der Waals surface area (Å²) in [6.07, 6.45) is 4.57. The summed E-state index contributed by atoms with van der Waals surface area (Å²) in [6, 6.07) is 4.59. The second-order valence-corrected chi connectivity index (χ2v) is 7.88. The molecule has 29 heavy (non-hydrogen) atoms. The van der Waals surface area contributed by atoms with Crippen molar-refractivity contribution >= 4 is 23.7 Å². The van der Waals surface area contributed by atoms with Gasteiger partial charge in [0.05, 0.1) is 16.7 Å². The van der Waals surface area contributed by atoms with Crippen LogP contribution >= 0.6 is 0 Å². The fourth-order valence-electron chi connectivity index (χ4n) is 4.14. The Morgan fingerprint density at radius 1 is 1.07 bits per heavy atom. The Balaban J connectivity index is 1.66. The van der Waals surface area contributed by atoms with Gasteiger partial charge in [-0.15, -0.1) is 0 Å². The van der Waals surface area contributed by atoms with Crippen molar-refractivity contribution in [1.29, 1.82) is 0 Å². The zero-order valence-corrected chi connectivity index (χ0v) is 17.3. The van der Waals surface area contributed by atoms with E-state index in [1.54, 1.807) is 4.90 Å². The van der Waals surface area contributed by atoms with E-state index in [1.807, 2.05) is 20.8 Å². The topological polar surface area (TPSA) is 84.0 Å². The lowest BCUT2D eigenvalue weighted by atomic mass is 9.97. The summed E-state index contributed by atoms with van der Waals surface area (Å²) < 4.78 is 5.21. The summed E-state index contributed by atoms with van der Waals surface area (Å²) in [5.74, 6) is -1.61. The van der Waals surface area contributed by atoms with E-state index in [2.05, 4.69) is 0 Å². The minimum atomic E-state index is -0.675. The minimum absolute atomic E-state index is 0.127. The van der Waals surface area contributed by atoms with E-state index in [0.29, 0.717) is 12.1 Å². The summed E-state index contributed by atoms with van der Waals surface area (Å²) in [5.41, 5.74) is 0.676. The molecule has 2 aliphatic rings. The third kappa shape index (κ3) is 4.18. The standard InChI is InChI=1S/C22H28N2O5/c1-4-5-11-23-20(26)17-10-9-16(12-18(17)21(23)27)22(28)29-13-19(25)24-14(2)7-6-8-15(24)3/h9-10,12,14-15H,4-8,11,13H2,1-3H3/t14-,15-/m1/s1. The molecule has 3 rings (SSSR count). The molecule has 0 aliphatic carbocycles.